The van der Waals surface area contributed by atoms with Crippen molar-refractivity contribution in [3.63, 3.8) is 0 Å². The Morgan fingerprint density at radius 3 is 1.93 bits per heavy atom. The lowest BCUT2D eigenvalue weighted by atomic mass is 10.3. The van der Waals surface area contributed by atoms with E-state index in [2.05, 4.69) is 19.3 Å². The summed E-state index contributed by atoms with van der Waals surface area (Å²) in [6.45, 7) is 0. The Bertz CT molecular complexity index is 362. The summed E-state index contributed by atoms with van der Waals surface area (Å²) in [6.07, 6.45) is 1.13. The number of nitrogens with one attached hydrogen (secondary N) is 4. The second kappa shape index (κ2) is 5.41. The minimum absolute atomic E-state index is 0.0227. The molecule has 0 atom stereocenters. The van der Waals surface area contributed by atoms with Crippen LogP contribution in [-0.4, -0.2) is 0 Å². The standard InChI is InChI=1S/C5H5Cl4N5O/c6-10-2-1-14(15)5(13-9)4(12-8)3(2)11-7/h1,10-13H. The van der Waals surface area contributed by atoms with Crippen LogP contribution in [0.3, 0.4) is 0 Å². The zero-order valence-electron chi connectivity index (χ0n) is 6.94. The first-order valence-corrected chi connectivity index (χ1v) is 4.97. The zero-order valence-corrected chi connectivity index (χ0v) is 9.97. The zero-order chi connectivity index (χ0) is 11.4. The molecule has 0 spiro atoms. The normalized spacial score (nSPS) is 9.60. The van der Waals surface area contributed by atoms with Gasteiger partial charge in [0, 0.05) is 35.3 Å². The first-order valence-electron chi connectivity index (χ1n) is 3.46. The van der Waals surface area contributed by atoms with Gasteiger partial charge in [-0.1, -0.05) is 0 Å². The molecule has 1 heterocycles. The van der Waals surface area contributed by atoms with Crippen LogP contribution < -0.4 is 24.1 Å². The van der Waals surface area contributed by atoms with E-state index in [1.54, 1.807) is 0 Å². The van der Waals surface area contributed by atoms with Gasteiger partial charge in [0.15, 0.2) is 5.69 Å². The van der Waals surface area contributed by atoms with Crippen LogP contribution >= 0.6 is 47.1 Å². The SMILES string of the molecule is [O-][n+]1cc(NCl)c(NCl)c(NCl)c1NCl. The van der Waals surface area contributed by atoms with Gasteiger partial charge in [-0.2, -0.15) is 4.84 Å². The van der Waals surface area contributed by atoms with Gasteiger partial charge in [-0.15, -0.1) is 0 Å². The van der Waals surface area contributed by atoms with Crippen molar-refractivity contribution in [2.45, 2.75) is 0 Å². The third kappa shape index (κ3) is 2.28. The lowest BCUT2D eigenvalue weighted by Gasteiger charge is -2.15. The molecule has 15 heavy (non-hydrogen) atoms. The van der Waals surface area contributed by atoms with E-state index in [0.717, 1.165) is 6.20 Å². The second-order valence-corrected chi connectivity index (χ2v) is 3.10. The molecule has 6 nitrogen and oxygen atoms in total. The molecule has 0 saturated heterocycles. The number of aromatic nitrogens is 1. The fourth-order valence-electron chi connectivity index (χ4n) is 0.960. The summed E-state index contributed by atoms with van der Waals surface area (Å²) in [5.41, 5.74) is 0.666. The smallest absolute Gasteiger partial charge is 0.322 e. The summed E-state index contributed by atoms with van der Waals surface area (Å²) in [6, 6.07) is 0. The molecule has 84 valence electrons. The van der Waals surface area contributed by atoms with Gasteiger partial charge in [-0.3, -0.25) is 14.5 Å². The van der Waals surface area contributed by atoms with Crippen molar-refractivity contribution in [1.82, 2.24) is 0 Å². The first kappa shape index (κ1) is 12.4. The minimum atomic E-state index is -0.0227. The summed E-state index contributed by atoms with van der Waals surface area (Å²) in [7, 11) is 0. The predicted molar refractivity (Wildman–Crippen MR) is 63.3 cm³/mol. The van der Waals surface area contributed by atoms with Gasteiger partial charge in [0.1, 0.15) is 29.3 Å². The van der Waals surface area contributed by atoms with Crippen molar-refractivity contribution >= 4 is 70.0 Å². The number of nitrogens with zero attached hydrogens (tertiary/aromatic N) is 1. The Hall–Kier alpha value is -0.690. The van der Waals surface area contributed by atoms with Crippen LogP contribution in [0.4, 0.5) is 22.9 Å². The van der Waals surface area contributed by atoms with Crippen LogP contribution in [0.2, 0.25) is 0 Å². The highest BCUT2D eigenvalue weighted by molar-refractivity contribution is 6.32. The molecule has 4 N–H and O–H groups in total. The molecular weight excluding hydrogens is 288 g/mol. The largest absolute Gasteiger partial charge is 0.710 e. The number of hydrogen-bond donors (Lipinski definition) is 4. The van der Waals surface area contributed by atoms with Gasteiger partial charge in [0.25, 0.3) is 0 Å². The molecule has 0 amide bonds. The summed E-state index contributed by atoms with van der Waals surface area (Å²) in [4.78, 5) is 8.93. The summed E-state index contributed by atoms with van der Waals surface area (Å²) in [5, 5.41) is 11.4. The Morgan fingerprint density at radius 1 is 0.933 bits per heavy atom. The number of halogens is 4. The number of rotatable bonds is 4. The summed E-state index contributed by atoms with van der Waals surface area (Å²) in [5.74, 6) is -0.0227. The average molecular weight is 293 g/mol. The van der Waals surface area contributed by atoms with Gasteiger partial charge in [-0.25, -0.2) is 4.73 Å². The highest BCUT2D eigenvalue weighted by Gasteiger charge is 2.20. The molecule has 0 saturated carbocycles. The molecule has 0 unspecified atom stereocenters. The lowest BCUT2D eigenvalue weighted by molar-refractivity contribution is -0.588. The summed E-state index contributed by atoms with van der Waals surface area (Å²) < 4.78 is 0.431. The molecule has 0 radical (unpaired) electrons. The fourth-order valence-corrected chi connectivity index (χ4v) is 1.66. The molecule has 0 bridgehead atoms. The molecule has 0 fully saturated rings. The topological polar surface area (TPSA) is 75.1 Å². The third-order valence-electron chi connectivity index (χ3n) is 1.60. The maximum Gasteiger partial charge on any atom is 0.322 e. The number of pyridine rings is 1. The van der Waals surface area contributed by atoms with Crippen LogP contribution in [0.15, 0.2) is 6.20 Å². The second-order valence-electron chi connectivity index (χ2n) is 2.35. The van der Waals surface area contributed by atoms with E-state index >= 15 is 0 Å². The van der Waals surface area contributed by atoms with Crippen molar-refractivity contribution in [3.8, 4) is 0 Å². The van der Waals surface area contributed by atoms with Gasteiger partial charge in [0.05, 0.1) is 0 Å². The van der Waals surface area contributed by atoms with Gasteiger partial charge >= 0.3 is 5.82 Å². The van der Waals surface area contributed by atoms with E-state index in [1.165, 1.54) is 0 Å². The van der Waals surface area contributed by atoms with Crippen LogP contribution in [0.5, 0.6) is 0 Å². The van der Waals surface area contributed by atoms with E-state index in [-0.39, 0.29) is 22.9 Å². The minimum Gasteiger partial charge on any atom is -0.710 e. The molecule has 1 aromatic rings. The Balaban J connectivity index is 3.44. The highest BCUT2D eigenvalue weighted by Crippen LogP contribution is 2.36. The number of anilines is 4. The molecule has 0 aliphatic carbocycles. The van der Waals surface area contributed by atoms with E-state index in [9.17, 15) is 5.21 Å². The molecule has 0 aromatic carbocycles. The van der Waals surface area contributed by atoms with Crippen LogP contribution in [0.1, 0.15) is 0 Å². The van der Waals surface area contributed by atoms with Crippen molar-refractivity contribution < 1.29 is 4.73 Å². The summed E-state index contributed by atoms with van der Waals surface area (Å²) >= 11 is 21.6. The quantitative estimate of drug-likeness (QED) is 0.390. The molecular formula is C5H5Cl4N5O. The van der Waals surface area contributed by atoms with E-state index in [4.69, 9.17) is 47.1 Å². The maximum atomic E-state index is 11.4. The number of hydrogen-bond acceptors (Lipinski definition) is 5. The fraction of sp³-hybridized carbons (Fsp3) is 0. The van der Waals surface area contributed by atoms with E-state index in [0.29, 0.717) is 4.73 Å². The predicted octanol–water partition coefficient (Wildman–Crippen LogP) is 2.58. The van der Waals surface area contributed by atoms with Gasteiger partial charge < -0.3 is 5.21 Å². The van der Waals surface area contributed by atoms with Gasteiger partial charge in [0.2, 0.25) is 0 Å². The molecule has 1 aromatic heterocycles. The molecule has 10 heteroatoms. The van der Waals surface area contributed by atoms with Crippen LogP contribution in [0.25, 0.3) is 0 Å². The van der Waals surface area contributed by atoms with Crippen molar-refractivity contribution in [2.24, 2.45) is 0 Å². The van der Waals surface area contributed by atoms with Crippen molar-refractivity contribution in [1.29, 1.82) is 0 Å². The van der Waals surface area contributed by atoms with Crippen molar-refractivity contribution in [3.05, 3.63) is 11.4 Å². The monoisotopic (exact) mass is 291 g/mol. The van der Waals surface area contributed by atoms with Crippen LogP contribution in [-0.2, 0) is 0 Å². The Kier molecular flexibility index (Phi) is 4.46. The average Bonchev–Trinajstić information content (AvgIpc) is 2.27. The highest BCUT2D eigenvalue weighted by atomic mass is 35.5. The lowest BCUT2D eigenvalue weighted by Crippen LogP contribution is -2.30. The van der Waals surface area contributed by atoms with E-state index in [1.807, 2.05) is 0 Å². The van der Waals surface area contributed by atoms with E-state index < -0.39 is 0 Å². The molecule has 0 aliphatic heterocycles. The van der Waals surface area contributed by atoms with Gasteiger partial charge in [-0.05, 0) is 0 Å². The maximum absolute atomic E-state index is 11.4. The Morgan fingerprint density at radius 2 is 1.53 bits per heavy atom. The van der Waals surface area contributed by atoms with Crippen molar-refractivity contribution in [2.75, 3.05) is 19.3 Å². The Labute approximate surface area is 105 Å². The molecule has 1 rings (SSSR count). The van der Waals surface area contributed by atoms with Crippen LogP contribution in [0, 0.1) is 5.21 Å². The molecule has 0 aliphatic rings. The first-order chi connectivity index (χ1) is 7.19. The third-order valence-corrected chi connectivity index (χ3v) is 2.36.